The fraction of sp³-hybridized carbons (Fsp3) is 0.333. The van der Waals surface area contributed by atoms with Gasteiger partial charge in [-0.1, -0.05) is 37.3 Å². The van der Waals surface area contributed by atoms with E-state index in [1.54, 1.807) is 0 Å². The quantitative estimate of drug-likeness (QED) is 0.589. The van der Waals surface area contributed by atoms with Crippen molar-refractivity contribution in [3.63, 3.8) is 0 Å². The molecule has 1 aromatic carbocycles. The van der Waals surface area contributed by atoms with Gasteiger partial charge in [0, 0.05) is 9.81 Å². The molecule has 0 saturated heterocycles. The molecule has 2 N–H and O–H groups in total. The number of carbonyl (C=O) groups is 2. The van der Waals surface area contributed by atoms with Gasteiger partial charge in [-0.15, -0.1) is 23.5 Å². The van der Waals surface area contributed by atoms with Gasteiger partial charge in [0.2, 0.25) is 0 Å². The van der Waals surface area contributed by atoms with E-state index in [1.807, 2.05) is 49.8 Å². The second kappa shape index (κ2) is 10.3. The number of rotatable bonds is 7. The van der Waals surface area contributed by atoms with Crippen molar-refractivity contribution < 1.29 is 14.4 Å². The summed E-state index contributed by atoms with van der Waals surface area (Å²) in [6.45, 7) is 2.12. The highest BCUT2D eigenvalue weighted by molar-refractivity contribution is 8.21. The largest absolute Gasteiger partial charge is 0.345 e. The van der Waals surface area contributed by atoms with Crippen LogP contribution in [0.3, 0.4) is 0 Å². The number of hydrogen-bond donors (Lipinski definition) is 2. The Morgan fingerprint density at radius 2 is 1.77 bits per heavy atom. The summed E-state index contributed by atoms with van der Waals surface area (Å²) in [5.41, 5.74) is 3.73. The third-order valence-electron chi connectivity index (χ3n) is 2.72. The maximum absolute atomic E-state index is 12.1. The monoisotopic (exact) mass is 340 g/mol. The topological polar surface area (TPSA) is 67.4 Å². The second-order valence-electron chi connectivity index (χ2n) is 4.19. The van der Waals surface area contributed by atoms with Crippen molar-refractivity contribution >= 4 is 35.5 Å². The zero-order valence-electron chi connectivity index (χ0n) is 12.8. The van der Waals surface area contributed by atoms with Crippen LogP contribution in [-0.2, 0) is 16.2 Å². The lowest BCUT2D eigenvalue weighted by atomic mass is 10.2. The van der Waals surface area contributed by atoms with E-state index >= 15 is 0 Å². The van der Waals surface area contributed by atoms with Gasteiger partial charge in [0.15, 0.2) is 0 Å². The molecule has 0 atom stereocenters. The van der Waals surface area contributed by atoms with Crippen LogP contribution in [0, 0.1) is 0 Å². The smallest absolute Gasteiger partial charge is 0.272 e. The molecule has 22 heavy (non-hydrogen) atoms. The molecule has 0 aliphatic carbocycles. The molecule has 0 aromatic heterocycles. The molecule has 0 heterocycles. The lowest BCUT2D eigenvalue weighted by molar-refractivity contribution is -0.116. The van der Waals surface area contributed by atoms with Crippen LogP contribution in [0.4, 0.5) is 4.79 Å². The maximum Gasteiger partial charge on any atom is 0.345 e. The summed E-state index contributed by atoms with van der Waals surface area (Å²) in [5, 5.41) is 2.27. The highest BCUT2D eigenvalue weighted by atomic mass is 32.2. The van der Waals surface area contributed by atoms with E-state index in [-0.39, 0.29) is 6.61 Å². The molecule has 0 aliphatic heterocycles. The number of hydrogen-bond acceptors (Lipinski definition) is 5. The fourth-order valence-electron chi connectivity index (χ4n) is 1.69. The van der Waals surface area contributed by atoms with Gasteiger partial charge in [0.1, 0.15) is 0 Å². The Labute approximate surface area is 139 Å². The molecule has 0 spiro atoms. The number of amides is 3. The lowest BCUT2D eigenvalue weighted by Gasteiger charge is -2.11. The summed E-state index contributed by atoms with van der Waals surface area (Å²) in [6.07, 6.45) is 4.36. The minimum Gasteiger partial charge on any atom is -0.272 e. The van der Waals surface area contributed by atoms with Crippen LogP contribution >= 0.6 is 23.5 Å². The number of carbonyl (C=O) groups excluding carboxylic acids is 2. The Kier molecular flexibility index (Phi) is 8.72. The van der Waals surface area contributed by atoms with Crippen molar-refractivity contribution in [3.05, 3.63) is 45.7 Å². The highest BCUT2D eigenvalue weighted by Gasteiger charge is 2.15. The van der Waals surface area contributed by atoms with Crippen molar-refractivity contribution in [1.29, 1.82) is 0 Å². The molecular formula is C15H20N2O3S2. The summed E-state index contributed by atoms with van der Waals surface area (Å²) in [5.74, 6) is -0.401. The van der Waals surface area contributed by atoms with Crippen LogP contribution in [0.15, 0.2) is 40.1 Å². The van der Waals surface area contributed by atoms with E-state index in [1.165, 1.54) is 23.5 Å². The summed E-state index contributed by atoms with van der Waals surface area (Å²) in [6, 6.07) is 8.75. The van der Waals surface area contributed by atoms with Crippen LogP contribution in [0.2, 0.25) is 0 Å². The molecule has 0 aliphatic rings. The molecule has 0 unspecified atom stereocenters. The Morgan fingerprint density at radius 1 is 1.14 bits per heavy atom. The minimum atomic E-state index is -0.673. The Bertz CT molecular complexity index is 527. The molecule has 5 nitrogen and oxygen atoms in total. The Morgan fingerprint density at radius 3 is 2.32 bits per heavy atom. The van der Waals surface area contributed by atoms with Crippen LogP contribution in [0.1, 0.15) is 18.9 Å². The third kappa shape index (κ3) is 6.13. The molecule has 0 fully saturated rings. The van der Waals surface area contributed by atoms with Crippen LogP contribution in [-0.4, -0.2) is 24.4 Å². The zero-order valence-corrected chi connectivity index (χ0v) is 14.5. The van der Waals surface area contributed by atoms with Crippen LogP contribution in [0.5, 0.6) is 0 Å². The number of urea groups is 1. The fourth-order valence-corrected chi connectivity index (χ4v) is 3.32. The van der Waals surface area contributed by atoms with Crippen molar-refractivity contribution in [2.24, 2.45) is 0 Å². The lowest BCUT2D eigenvalue weighted by Crippen LogP contribution is -2.40. The van der Waals surface area contributed by atoms with Gasteiger partial charge in [-0.3, -0.25) is 14.9 Å². The first kappa shape index (κ1) is 18.6. The number of imide groups is 1. The zero-order chi connectivity index (χ0) is 16.4. The van der Waals surface area contributed by atoms with E-state index in [0.717, 1.165) is 9.80 Å². The second-order valence-corrected chi connectivity index (χ2v) is 6.08. The SMILES string of the molecule is CCC(C(=O)NC(=O)NOCc1ccccc1)=C(SC)SC. The minimum absolute atomic E-state index is 0.236. The van der Waals surface area contributed by atoms with Crippen LogP contribution in [0.25, 0.3) is 0 Å². The average Bonchev–Trinajstić information content (AvgIpc) is 2.53. The van der Waals surface area contributed by atoms with Gasteiger partial charge in [-0.25, -0.2) is 10.3 Å². The molecular weight excluding hydrogens is 320 g/mol. The number of thioether (sulfide) groups is 2. The maximum atomic E-state index is 12.1. The average molecular weight is 340 g/mol. The van der Waals surface area contributed by atoms with Gasteiger partial charge in [-0.05, 0) is 24.5 Å². The van der Waals surface area contributed by atoms with Gasteiger partial charge >= 0.3 is 6.03 Å². The first-order valence-corrected chi connectivity index (χ1v) is 9.15. The number of nitrogens with one attached hydrogen (secondary N) is 2. The predicted molar refractivity (Wildman–Crippen MR) is 92.3 cm³/mol. The van der Waals surface area contributed by atoms with Gasteiger partial charge in [0.05, 0.1) is 6.61 Å². The molecule has 0 radical (unpaired) electrons. The molecule has 1 rings (SSSR count). The number of benzene rings is 1. The van der Waals surface area contributed by atoms with E-state index in [0.29, 0.717) is 12.0 Å². The Balaban J connectivity index is 2.47. The van der Waals surface area contributed by atoms with E-state index < -0.39 is 11.9 Å². The van der Waals surface area contributed by atoms with Crippen molar-refractivity contribution in [2.75, 3.05) is 12.5 Å². The number of hydroxylamine groups is 1. The van der Waals surface area contributed by atoms with E-state index in [2.05, 4.69) is 10.8 Å². The van der Waals surface area contributed by atoms with Gasteiger partial charge in [-0.2, -0.15) is 0 Å². The molecule has 0 saturated carbocycles. The molecule has 1 aromatic rings. The Hall–Kier alpha value is -1.44. The summed E-state index contributed by atoms with van der Waals surface area (Å²) in [7, 11) is 0. The van der Waals surface area contributed by atoms with Crippen molar-refractivity contribution in [3.8, 4) is 0 Å². The normalized spacial score (nSPS) is 9.95. The summed E-state index contributed by atoms with van der Waals surface area (Å²) in [4.78, 5) is 28.8. The van der Waals surface area contributed by atoms with Crippen molar-refractivity contribution in [1.82, 2.24) is 10.8 Å². The highest BCUT2D eigenvalue weighted by Crippen LogP contribution is 2.28. The third-order valence-corrected chi connectivity index (χ3v) is 4.95. The van der Waals surface area contributed by atoms with Gasteiger partial charge < -0.3 is 0 Å². The molecule has 0 bridgehead atoms. The molecule has 120 valence electrons. The van der Waals surface area contributed by atoms with E-state index in [4.69, 9.17) is 4.84 Å². The van der Waals surface area contributed by atoms with Crippen molar-refractivity contribution in [2.45, 2.75) is 20.0 Å². The summed E-state index contributed by atoms with van der Waals surface area (Å²) >= 11 is 2.98. The molecule has 3 amide bonds. The standard InChI is InChI=1S/C15H20N2O3S2/c1-4-12(14(21-2)22-3)13(18)16-15(19)17-20-10-11-8-6-5-7-9-11/h5-9H,4,10H2,1-3H3,(H2,16,17,18,19). The van der Waals surface area contributed by atoms with E-state index in [9.17, 15) is 9.59 Å². The first-order chi connectivity index (χ1) is 10.6. The molecule has 7 heteroatoms. The predicted octanol–water partition coefficient (Wildman–Crippen LogP) is 3.29. The van der Waals surface area contributed by atoms with Crippen LogP contribution < -0.4 is 10.8 Å². The first-order valence-electron chi connectivity index (χ1n) is 6.70. The van der Waals surface area contributed by atoms with Gasteiger partial charge in [0.25, 0.3) is 5.91 Å². The summed E-state index contributed by atoms with van der Waals surface area (Å²) < 4.78 is 0.901.